The zero-order valence-electron chi connectivity index (χ0n) is 12.7. The minimum absolute atomic E-state index is 0.124. The lowest BCUT2D eigenvalue weighted by Gasteiger charge is -2.40. The molecule has 1 aliphatic carbocycles. The van der Waals surface area contributed by atoms with E-state index in [1.807, 2.05) is 25.7 Å². The van der Waals surface area contributed by atoms with Gasteiger partial charge in [-0.15, -0.1) is 0 Å². The molecule has 0 aromatic heterocycles. The molecule has 4 nitrogen and oxygen atoms in total. The Hall–Kier alpha value is -0.610. The number of hydrogen-bond acceptors (Lipinski definition) is 3. The molecule has 19 heavy (non-hydrogen) atoms. The van der Waals surface area contributed by atoms with E-state index >= 15 is 0 Å². The Morgan fingerprint density at radius 1 is 1.11 bits per heavy atom. The van der Waals surface area contributed by atoms with Gasteiger partial charge in [-0.1, -0.05) is 33.6 Å². The Morgan fingerprint density at radius 2 is 1.63 bits per heavy atom. The molecule has 1 saturated heterocycles. The van der Waals surface area contributed by atoms with Crippen molar-refractivity contribution in [1.82, 2.24) is 9.80 Å². The van der Waals surface area contributed by atoms with Crippen molar-refractivity contribution in [2.75, 3.05) is 26.2 Å². The minimum atomic E-state index is -0.384. The van der Waals surface area contributed by atoms with Crippen molar-refractivity contribution in [3.63, 3.8) is 0 Å². The monoisotopic (exact) mass is 267 g/mol. The van der Waals surface area contributed by atoms with Crippen LogP contribution in [0.15, 0.2) is 0 Å². The Kier molecular flexibility index (Phi) is 4.51. The van der Waals surface area contributed by atoms with Crippen LogP contribution in [0, 0.1) is 5.41 Å². The van der Waals surface area contributed by atoms with Crippen LogP contribution in [0.2, 0.25) is 0 Å². The third-order valence-electron chi connectivity index (χ3n) is 4.67. The molecular formula is C15H29N3O. The third-order valence-corrected chi connectivity index (χ3v) is 4.67. The SMILES string of the molecule is CC(C)(C)[C@@H](N)C(=O)N1CCN(C2CCCC2)CC1. The molecule has 1 aliphatic heterocycles. The molecule has 0 radical (unpaired) electrons. The minimum Gasteiger partial charge on any atom is -0.339 e. The van der Waals surface area contributed by atoms with Gasteiger partial charge in [0, 0.05) is 32.2 Å². The van der Waals surface area contributed by atoms with Crippen LogP contribution in [0.1, 0.15) is 46.5 Å². The summed E-state index contributed by atoms with van der Waals surface area (Å²) in [6, 6.07) is 0.388. The van der Waals surface area contributed by atoms with Gasteiger partial charge in [0.1, 0.15) is 0 Å². The van der Waals surface area contributed by atoms with E-state index < -0.39 is 0 Å². The van der Waals surface area contributed by atoms with Crippen LogP contribution in [-0.4, -0.2) is 54.0 Å². The number of nitrogens with zero attached hydrogens (tertiary/aromatic N) is 2. The number of amides is 1. The predicted molar refractivity (Wildman–Crippen MR) is 77.8 cm³/mol. The molecular weight excluding hydrogens is 238 g/mol. The van der Waals surface area contributed by atoms with Crippen LogP contribution in [-0.2, 0) is 4.79 Å². The van der Waals surface area contributed by atoms with Gasteiger partial charge in [-0.2, -0.15) is 0 Å². The molecule has 2 N–H and O–H groups in total. The van der Waals surface area contributed by atoms with E-state index in [0.29, 0.717) is 0 Å². The summed E-state index contributed by atoms with van der Waals surface area (Å²) in [5.41, 5.74) is 5.92. The number of carbonyl (C=O) groups is 1. The van der Waals surface area contributed by atoms with E-state index in [1.54, 1.807) is 0 Å². The van der Waals surface area contributed by atoms with Crippen molar-refractivity contribution in [2.45, 2.75) is 58.5 Å². The maximum absolute atomic E-state index is 12.4. The van der Waals surface area contributed by atoms with E-state index in [9.17, 15) is 4.79 Å². The lowest BCUT2D eigenvalue weighted by molar-refractivity contribution is -0.137. The Morgan fingerprint density at radius 3 is 2.11 bits per heavy atom. The smallest absolute Gasteiger partial charge is 0.240 e. The Labute approximate surface area is 117 Å². The lowest BCUT2D eigenvalue weighted by Crippen LogP contribution is -2.57. The Bertz CT molecular complexity index is 310. The van der Waals surface area contributed by atoms with Crippen LogP contribution < -0.4 is 5.73 Å². The zero-order chi connectivity index (χ0) is 14.0. The molecule has 4 heteroatoms. The van der Waals surface area contributed by atoms with Gasteiger partial charge in [0.05, 0.1) is 6.04 Å². The summed E-state index contributed by atoms with van der Waals surface area (Å²) in [7, 11) is 0. The highest BCUT2D eigenvalue weighted by molar-refractivity contribution is 5.82. The van der Waals surface area contributed by atoms with Crippen molar-refractivity contribution in [3.05, 3.63) is 0 Å². The number of piperazine rings is 1. The van der Waals surface area contributed by atoms with E-state index in [1.165, 1.54) is 25.7 Å². The summed E-state index contributed by atoms with van der Waals surface area (Å²) < 4.78 is 0. The summed E-state index contributed by atoms with van der Waals surface area (Å²) in [6.07, 6.45) is 5.43. The van der Waals surface area contributed by atoms with Gasteiger partial charge in [-0.25, -0.2) is 0 Å². The highest BCUT2D eigenvalue weighted by Crippen LogP contribution is 2.25. The van der Waals surface area contributed by atoms with Crippen LogP contribution in [0.4, 0.5) is 0 Å². The van der Waals surface area contributed by atoms with E-state index in [2.05, 4.69) is 4.90 Å². The molecule has 1 heterocycles. The molecule has 0 aromatic carbocycles. The first-order valence-corrected chi connectivity index (χ1v) is 7.68. The average molecular weight is 267 g/mol. The van der Waals surface area contributed by atoms with E-state index in [0.717, 1.165) is 32.2 Å². The van der Waals surface area contributed by atoms with Crippen LogP contribution >= 0.6 is 0 Å². The molecule has 0 unspecified atom stereocenters. The Balaban J connectivity index is 1.84. The molecule has 2 rings (SSSR count). The normalized spacial score (nSPS) is 24.7. The number of hydrogen-bond donors (Lipinski definition) is 1. The highest BCUT2D eigenvalue weighted by atomic mass is 16.2. The molecule has 110 valence electrons. The largest absolute Gasteiger partial charge is 0.339 e. The quantitative estimate of drug-likeness (QED) is 0.824. The summed E-state index contributed by atoms with van der Waals surface area (Å²) in [4.78, 5) is 16.9. The van der Waals surface area contributed by atoms with Gasteiger partial charge < -0.3 is 10.6 Å². The maximum Gasteiger partial charge on any atom is 0.240 e. The van der Waals surface area contributed by atoms with Gasteiger partial charge >= 0.3 is 0 Å². The molecule has 1 saturated carbocycles. The maximum atomic E-state index is 12.4. The van der Waals surface area contributed by atoms with Crippen LogP contribution in [0.25, 0.3) is 0 Å². The fourth-order valence-corrected chi connectivity index (χ4v) is 3.14. The first kappa shape index (κ1) is 14.8. The van der Waals surface area contributed by atoms with Crippen LogP contribution in [0.3, 0.4) is 0 Å². The standard InChI is InChI=1S/C15H29N3O/c1-15(2,3)13(16)14(19)18-10-8-17(9-11-18)12-6-4-5-7-12/h12-13H,4-11,16H2,1-3H3/t13-/m0/s1. The van der Waals surface area contributed by atoms with Crippen molar-refractivity contribution in [1.29, 1.82) is 0 Å². The van der Waals surface area contributed by atoms with Crippen molar-refractivity contribution in [2.24, 2.45) is 11.1 Å². The fraction of sp³-hybridized carbons (Fsp3) is 0.933. The van der Waals surface area contributed by atoms with Crippen LogP contribution in [0.5, 0.6) is 0 Å². The second kappa shape index (κ2) is 5.80. The van der Waals surface area contributed by atoms with Gasteiger partial charge in [-0.3, -0.25) is 9.69 Å². The summed E-state index contributed by atoms with van der Waals surface area (Å²) in [6.45, 7) is 9.83. The lowest BCUT2D eigenvalue weighted by atomic mass is 9.86. The van der Waals surface area contributed by atoms with Gasteiger partial charge in [-0.05, 0) is 18.3 Å². The van der Waals surface area contributed by atoms with E-state index in [-0.39, 0.29) is 17.4 Å². The average Bonchev–Trinajstić information content (AvgIpc) is 2.90. The van der Waals surface area contributed by atoms with Gasteiger partial charge in [0.25, 0.3) is 0 Å². The number of nitrogens with two attached hydrogens (primary N) is 1. The van der Waals surface area contributed by atoms with Gasteiger partial charge in [0.2, 0.25) is 5.91 Å². The van der Waals surface area contributed by atoms with Crippen molar-refractivity contribution < 1.29 is 4.79 Å². The number of carbonyl (C=O) groups excluding carboxylic acids is 1. The third kappa shape index (κ3) is 3.48. The first-order valence-electron chi connectivity index (χ1n) is 7.68. The summed E-state index contributed by atoms with van der Waals surface area (Å²) >= 11 is 0. The molecule has 0 aromatic rings. The molecule has 2 aliphatic rings. The van der Waals surface area contributed by atoms with Crippen molar-refractivity contribution in [3.8, 4) is 0 Å². The zero-order valence-corrected chi connectivity index (χ0v) is 12.7. The van der Waals surface area contributed by atoms with Gasteiger partial charge in [0.15, 0.2) is 0 Å². The second-order valence-corrected chi connectivity index (χ2v) is 7.14. The molecule has 2 fully saturated rings. The summed E-state index contributed by atoms with van der Waals surface area (Å²) in [5, 5.41) is 0. The number of rotatable bonds is 2. The molecule has 0 spiro atoms. The molecule has 0 bridgehead atoms. The molecule has 1 atom stereocenters. The highest BCUT2D eigenvalue weighted by Gasteiger charge is 2.33. The topological polar surface area (TPSA) is 49.6 Å². The fourth-order valence-electron chi connectivity index (χ4n) is 3.14. The first-order chi connectivity index (χ1) is 8.89. The second-order valence-electron chi connectivity index (χ2n) is 7.14. The van der Waals surface area contributed by atoms with Crippen molar-refractivity contribution >= 4 is 5.91 Å². The molecule has 1 amide bonds. The van der Waals surface area contributed by atoms with E-state index in [4.69, 9.17) is 5.73 Å². The summed E-state index contributed by atoms with van der Waals surface area (Å²) in [5.74, 6) is 0.124. The predicted octanol–water partition coefficient (Wildman–Crippen LogP) is 1.45.